The normalized spacial score (nSPS) is 29.8. The van der Waals surface area contributed by atoms with Gasteiger partial charge in [-0.1, -0.05) is 0 Å². The van der Waals surface area contributed by atoms with Crippen molar-refractivity contribution in [2.75, 3.05) is 52.5 Å². The Kier molecular flexibility index (Phi) is 6.77. The summed E-state index contributed by atoms with van der Waals surface area (Å²) in [6.07, 6.45) is 9.94. The van der Waals surface area contributed by atoms with E-state index in [-0.39, 0.29) is 11.4 Å². The predicted molar refractivity (Wildman–Crippen MR) is 121 cm³/mol. The third kappa shape index (κ3) is 4.71. The van der Waals surface area contributed by atoms with Crippen LogP contribution in [0.1, 0.15) is 64.7 Å². The van der Waals surface area contributed by atoms with Gasteiger partial charge in [-0.15, -0.1) is 0 Å². The summed E-state index contributed by atoms with van der Waals surface area (Å²) >= 11 is 0. The molecule has 0 N–H and O–H groups in total. The van der Waals surface area contributed by atoms with Crippen molar-refractivity contribution in [3.63, 3.8) is 0 Å². The first-order valence-corrected chi connectivity index (χ1v) is 13.0. The highest BCUT2D eigenvalue weighted by atomic mass is 16.5. The van der Waals surface area contributed by atoms with Crippen LogP contribution in [0.3, 0.4) is 0 Å². The van der Waals surface area contributed by atoms with Gasteiger partial charge in [-0.05, 0) is 63.2 Å². The van der Waals surface area contributed by atoms with Crippen molar-refractivity contribution >= 4 is 11.8 Å². The average Bonchev–Trinajstić information content (AvgIpc) is 3.64. The lowest BCUT2D eigenvalue weighted by Gasteiger charge is -2.63. The Morgan fingerprint density at radius 3 is 2.19 bits per heavy atom. The third-order valence-electron chi connectivity index (χ3n) is 8.90. The highest BCUT2D eigenvalue weighted by molar-refractivity contribution is 5.76. The van der Waals surface area contributed by atoms with E-state index in [0.29, 0.717) is 30.4 Å². The van der Waals surface area contributed by atoms with Gasteiger partial charge >= 0.3 is 0 Å². The maximum atomic E-state index is 12.9. The number of ether oxygens (including phenoxy) is 2. The lowest BCUT2D eigenvalue weighted by atomic mass is 9.73. The molecule has 32 heavy (non-hydrogen) atoms. The molecule has 1 saturated carbocycles. The van der Waals surface area contributed by atoms with Gasteiger partial charge in [0.1, 0.15) is 0 Å². The number of hydrogen-bond acceptors (Lipinski definition) is 5. The fraction of sp³-hybridized carbons (Fsp3) is 0.920. The summed E-state index contributed by atoms with van der Waals surface area (Å²) in [4.78, 5) is 31.2. The second-order valence-electron chi connectivity index (χ2n) is 10.9. The van der Waals surface area contributed by atoms with E-state index in [0.717, 1.165) is 97.0 Å². The Balaban J connectivity index is 1.09. The third-order valence-corrected chi connectivity index (χ3v) is 8.90. The maximum absolute atomic E-state index is 12.9. The SMILES string of the molecule is CC(=O)N1CCC(CC(=O)N2CCC(N3CC(OCC4CC4)C34CCOCC4)CC2)CC1. The van der Waals surface area contributed by atoms with Crippen LogP contribution in [0.4, 0.5) is 0 Å². The van der Waals surface area contributed by atoms with Crippen molar-refractivity contribution in [3.05, 3.63) is 0 Å². The molecule has 5 aliphatic rings. The molecule has 0 bridgehead atoms. The molecule has 180 valence electrons. The highest BCUT2D eigenvalue weighted by Gasteiger charge is 2.57. The molecule has 7 heteroatoms. The van der Waals surface area contributed by atoms with Crippen molar-refractivity contribution < 1.29 is 19.1 Å². The lowest BCUT2D eigenvalue weighted by Crippen LogP contribution is -2.76. The molecule has 4 saturated heterocycles. The molecule has 4 aliphatic heterocycles. The molecule has 1 unspecified atom stereocenters. The number of rotatable bonds is 6. The van der Waals surface area contributed by atoms with E-state index < -0.39 is 0 Å². The predicted octanol–water partition coefficient (Wildman–Crippen LogP) is 2.29. The molecule has 5 fully saturated rings. The maximum Gasteiger partial charge on any atom is 0.222 e. The van der Waals surface area contributed by atoms with Crippen molar-refractivity contribution in [3.8, 4) is 0 Å². The quantitative estimate of drug-likeness (QED) is 0.625. The van der Waals surface area contributed by atoms with Crippen LogP contribution in [0, 0.1) is 11.8 Å². The molecule has 2 amide bonds. The summed E-state index contributed by atoms with van der Waals surface area (Å²) in [5.74, 6) is 1.72. The van der Waals surface area contributed by atoms with Gasteiger partial charge < -0.3 is 19.3 Å². The fourth-order valence-corrected chi connectivity index (χ4v) is 6.45. The van der Waals surface area contributed by atoms with Crippen LogP contribution in [-0.2, 0) is 19.1 Å². The summed E-state index contributed by atoms with van der Waals surface area (Å²) in [5.41, 5.74) is 0.175. The molecule has 0 aromatic heterocycles. The molecule has 0 aromatic rings. The van der Waals surface area contributed by atoms with Crippen molar-refractivity contribution in [2.24, 2.45) is 11.8 Å². The number of piperidine rings is 2. The number of nitrogens with zero attached hydrogens (tertiary/aromatic N) is 3. The molecule has 1 atom stereocenters. The Bertz CT molecular complexity index is 675. The topological polar surface area (TPSA) is 62.3 Å². The summed E-state index contributed by atoms with van der Waals surface area (Å²) < 4.78 is 12.1. The van der Waals surface area contributed by atoms with E-state index in [1.54, 1.807) is 6.92 Å². The van der Waals surface area contributed by atoms with E-state index in [1.165, 1.54) is 12.8 Å². The number of carbonyl (C=O) groups excluding carboxylic acids is 2. The molecule has 1 aliphatic carbocycles. The van der Waals surface area contributed by atoms with Gasteiger partial charge in [0.2, 0.25) is 11.8 Å². The van der Waals surface area contributed by atoms with Crippen LogP contribution < -0.4 is 0 Å². The van der Waals surface area contributed by atoms with Crippen LogP contribution in [0.15, 0.2) is 0 Å². The average molecular weight is 448 g/mol. The summed E-state index contributed by atoms with van der Waals surface area (Å²) in [6.45, 7) is 8.71. The molecule has 4 heterocycles. The minimum Gasteiger partial charge on any atom is -0.381 e. The number of hydrogen-bond donors (Lipinski definition) is 0. The zero-order chi connectivity index (χ0) is 22.1. The van der Waals surface area contributed by atoms with Gasteiger partial charge in [0, 0.05) is 71.9 Å². The second kappa shape index (κ2) is 9.59. The molecule has 0 radical (unpaired) electrons. The Morgan fingerprint density at radius 2 is 1.56 bits per heavy atom. The standard InChI is InChI=1S/C25H41N3O4/c1-19(29)26-10-4-20(5-11-26)16-24(30)27-12-6-22(7-13-27)28-17-23(32-18-21-2-3-21)25(28)8-14-31-15-9-25/h20-23H,2-18H2,1H3. The first-order valence-electron chi connectivity index (χ1n) is 13.0. The summed E-state index contributed by atoms with van der Waals surface area (Å²) in [5, 5.41) is 0. The Morgan fingerprint density at radius 1 is 0.906 bits per heavy atom. The number of amides is 2. The largest absolute Gasteiger partial charge is 0.381 e. The first-order chi connectivity index (χ1) is 15.5. The van der Waals surface area contributed by atoms with Gasteiger partial charge in [0.25, 0.3) is 0 Å². The fourth-order valence-electron chi connectivity index (χ4n) is 6.45. The van der Waals surface area contributed by atoms with Crippen molar-refractivity contribution in [2.45, 2.75) is 82.4 Å². The second-order valence-corrected chi connectivity index (χ2v) is 10.9. The van der Waals surface area contributed by atoms with Gasteiger partial charge in [-0.25, -0.2) is 0 Å². The van der Waals surface area contributed by atoms with E-state index in [2.05, 4.69) is 9.80 Å². The minimum absolute atomic E-state index is 0.158. The van der Waals surface area contributed by atoms with Crippen LogP contribution in [0.5, 0.6) is 0 Å². The lowest BCUT2D eigenvalue weighted by molar-refractivity contribution is -0.217. The van der Waals surface area contributed by atoms with E-state index in [1.807, 2.05) is 4.90 Å². The highest BCUT2D eigenvalue weighted by Crippen LogP contribution is 2.45. The van der Waals surface area contributed by atoms with Crippen molar-refractivity contribution in [1.29, 1.82) is 0 Å². The molecular formula is C25H41N3O4. The molecule has 0 aromatic carbocycles. The van der Waals surface area contributed by atoms with E-state index in [9.17, 15) is 9.59 Å². The van der Waals surface area contributed by atoms with Crippen LogP contribution in [-0.4, -0.2) is 96.7 Å². The Hall–Kier alpha value is -1.18. The summed E-state index contributed by atoms with van der Waals surface area (Å²) in [6, 6.07) is 0.566. The monoisotopic (exact) mass is 447 g/mol. The van der Waals surface area contributed by atoms with Crippen LogP contribution in [0.25, 0.3) is 0 Å². The van der Waals surface area contributed by atoms with Gasteiger partial charge in [-0.3, -0.25) is 14.5 Å². The van der Waals surface area contributed by atoms with Crippen LogP contribution >= 0.6 is 0 Å². The zero-order valence-electron chi connectivity index (χ0n) is 19.8. The Labute approximate surface area is 192 Å². The molecular weight excluding hydrogens is 406 g/mol. The van der Waals surface area contributed by atoms with E-state index in [4.69, 9.17) is 9.47 Å². The molecule has 5 rings (SSSR count). The van der Waals surface area contributed by atoms with E-state index >= 15 is 0 Å². The summed E-state index contributed by atoms with van der Waals surface area (Å²) in [7, 11) is 0. The van der Waals surface area contributed by atoms with Gasteiger partial charge in [0.05, 0.1) is 11.6 Å². The smallest absolute Gasteiger partial charge is 0.222 e. The zero-order valence-corrected chi connectivity index (χ0v) is 19.8. The minimum atomic E-state index is 0.158. The van der Waals surface area contributed by atoms with Crippen molar-refractivity contribution in [1.82, 2.24) is 14.7 Å². The van der Waals surface area contributed by atoms with Gasteiger partial charge in [-0.2, -0.15) is 0 Å². The number of likely N-dealkylation sites (tertiary alicyclic amines) is 3. The number of carbonyl (C=O) groups is 2. The molecule has 7 nitrogen and oxygen atoms in total. The van der Waals surface area contributed by atoms with Crippen LogP contribution in [0.2, 0.25) is 0 Å². The first kappa shape index (κ1) is 22.6. The van der Waals surface area contributed by atoms with Gasteiger partial charge in [0.15, 0.2) is 0 Å². The molecule has 1 spiro atoms.